The zero-order valence-corrected chi connectivity index (χ0v) is 10.6. The molecule has 0 unspecified atom stereocenters. The van der Waals surface area contributed by atoms with E-state index in [1.54, 1.807) is 19.2 Å². The van der Waals surface area contributed by atoms with Crippen molar-refractivity contribution in [2.24, 2.45) is 5.73 Å². The lowest BCUT2D eigenvalue weighted by Gasteiger charge is -2.06. The standard InChI is InChI=1S/C13H17ClFNO/c1-17-9-11(3-2-6-16)7-10-4-5-13(15)12(14)8-10/h4-5,7-8H,2-3,6,9,16H2,1H3/b11-7+. The second-order valence-corrected chi connectivity index (χ2v) is 4.21. The lowest BCUT2D eigenvalue weighted by Crippen LogP contribution is -2.01. The Balaban J connectivity index is 2.83. The first-order chi connectivity index (χ1) is 8.17. The van der Waals surface area contributed by atoms with Crippen LogP contribution < -0.4 is 5.73 Å². The maximum absolute atomic E-state index is 13.0. The van der Waals surface area contributed by atoms with Gasteiger partial charge in [-0.3, -0.25) is 0 Å². The van der Waals surface area contributed by atoms with E-state index in [1.165, 1.54) is 6.07 Å². The largest absolute Gasteiger partial charge is 0.380 e. The van der Waals surface area contributed by atoms with Crippen molar-refractivity contribution in [3.63, 3.8) is 0 Å². The Morgan fingerprint density at radius 1 is 1.53 bits per heavy atom. The summed E-state index contributed by atoms with van der Waals surface area (Å²) < 4.78 is 18.1. The third kappa shape index (κ3) is 4.86. The first-order valence-corrected chi connectivity index (χ1v) is 5.88. The number of rotatable bonds is 6. The number of methoxy groups -OCH3 is 1. The second-order valence-electron chi connectivity index (χ2n) is 3.80. The topological polar surface area (TPSA) is 35.2 Å². The summed E-state index contributed by atoms with van der Waals surface area (Å²) in [4.78, 5) is 0. The Hall–Kier alpha value is -0.900. The van der Waals surface area contributed by atoms with Gasteiger partial charge >= 0.3 is 0 Å². The van der Waals surface area contributed by atoms with E-state index >= 15 is 0 Å². The molecule has 0 spiro atoms. The van der Waals surface area contributed by atoms with Crippen molar-refractivity contribution in [3.8, 4) is 0 Å². The van der Waals surface area contributed by atoms with Crippen LogP contribution in [0.15, 0.2) is 23.8 Å². The fourth-order valence-corrected chi connectivity index (χ4v) is 1.73. The predicted octanol–water partition coefficient (Wildman–Crippen LogP) is 3.25. The number of hydrogen-bond acceptors (Lipinski definition) is 2. The van der Waals surface area contributed by atoms with Gasteiger partial charge in [0.1, 0.15) is 5.82 Å². The molecule has 0 aliphatic rings. The first kappa shape index (κ1) is 14.2. The van der Waals surface area contributed by atoms with Gasteiger partial charge in [-0.1, -0.05) is 23.7 Å². The first-order valence-electron chi connectivity index (χ1n) is 5.51. The van der Waals surface area contributed by atoms with E-state index < -0.39 is 5.82 Å². The van der Waals surface area contributed by atoms with Gasteiger partial charge in [0, 0.05) is 7.11 Å². The molecule has 0 heterocycles. The fourth-order valence-electron chi connectivity index (χ4n) is 1.54. The summed E-state index contributed by atoms with van der Waals surface area (Å²) in [6, 6.07) is 4.66. The van der Waals surface area contributed by atoms with Gasteiger partial charge in [-0.2, -0.15) is 0 Å². The van der Waals surface area contributed by atoms with Gasteiger partial charge in [-0.05, 0) is 42.7 Å². The molecule has 0 aliphatic heterocycles. The average Bonchev–Trinajstić information content (AvgIpc) is 2.31. The van der Waals surface area contributed by atoms with E-state index in [9.17, 15) is 4.39 Å². The molecule has 0 aliphatic carbocycles. The van der Waals surface area contributed by atoms with Gasteiger partial charge in [0.15, 0.2) is 0 Å². The van der Waals surface area contributed by atoms with Crippen LogP contribution in [-0.4, -0.2) is 20.3 Å². The normalized spacial score (nSPS) is 11.9. The molecule has 0 saturated heterocycles. The number of hydrogen-bond donors (Lipinski definition) is 1. The molecule has 94 valence electrons. The summed E-state index contributed by atoms with van der Waals surface area (Å²) in [7, 11) is 1.65. The highest BCUT2D eigenvalue weighted by atomic mass is 35.5. The van der Waals surface area contributed by atoms with Gasteiger partial charge in [-0.25, -0.2) is 4.39 Å². The maximum atomic E-state index is 13.0. The van der Waals surface area contributed by atoms with Crippen LogP contribution in [0, 0.1) is 5.82 Å². The molecule has 2 N–H and O–H groups in total. The smallest absolute Gasteiger partial charge is 0.141 e. The van der Waals surface area contributed by atoms with Gasteiger partial charge in [0.25, 0.3) is 0 Å². The Morgan fingerprint density at radius 2 is 2.29 bits per heavy atom. The van der Waals surface area contributed by atoms with Crippen molar-refractivity contribution in [1.29, 1.82) is 0 Å². The highest BCUT2D eigenvalue weighted by Gasteiger charge is 2.01. The van der Waals surface area contributed by atoms with Crippen LogP contribution in [0.3, 0.4) is 0 Å². The summed E-state index contributed by atoms with van der Waals surface area (Å²) in [5, 5.41) is 0.134. The molecular formula is C13H17ClFNO. The molecule has 1 aromatic rings. The lowest BCUT2D eigenvalue weighted by atomic mass is 10.1. The van der Waals surface area contributed by atoms with Crippen molar-refractivity contribution in [3.05, 3.63) is 40.2 Å². The molecule has 0 amide bonds. The SMILES string of the molecule is COC/C(=C/c1ccc(F)c(Cl)c1)CCCN. The third-order valence-corrected chi connectivity index (χ3v) is 2.64. The van der Waals surface area contributed by atoms with Crippen LogP contribution in [0.25, 0.3) is 6.08 Å². The summed E-state index contributed by atoms with van der Waals surface area (Å²) >= 11 is 5.72. The van der Waals surface area contributed by atoms with E-state index in [2.05, 4.69) is 0 Å². The number of halogens is 2. The lowest BCUT2D eigenvalue weighted by molar-refractivity contribution is 0.223. The minimum atomic E-state index is -0.404. The van der Waals surface area contributed by atoms with Crippen molar-refractivity contribution >= 4 is 17.7 Å². The van der Waals surface area contributed by atoms with Crippen molar-refractivity contribution in [2.45, 2.75) is 12.8 Å². The summed E-state index contributed by atoms with van der Waals surface area (Å²) in [5.41, 5.74) is 7.47. The Morgan fingerprint density at radius 3 is 2.88 bits per heavy atom. The highest BCUT2D eigenvalue weighted by molar-refractivity contribution is 6.30. The molecule has 0 atom stereocenters. The average molecular weight is 258 g/mol. The van der Waals surface area contributed by atoms with Crippen molar-refractivity contribution in [2.75, 3.05) is 20.3 Å². The molecule has 0 bridgehead atoms. The van der Waals surface area contributed by atoms with Crippen LogP contribution in [0.5, 0.6) is 0 Å². The minimum absolute atomic E-state index is 0.134. The fraction of sp³-hybridized carbons (Fsp3) is 0.385. The highest BCUT2D eigenvalue weighted by Crippen LogP contribution is 2.19. The maximum Gasteiger partial charge on any atom is 0.141 e. The summed E-state index contributed by atoms with van der Waals surface area (Å²) in [6.45, 7) is 1.19. The molecular weight excluding hydrogens is 241 g/mol. The van der Waals surface area contributed by atoms with Crippen LogP contribution in [0.2, 0.25) is 5.02 Å². The zero-order chi connectivity index (χ0) is 12.7. The molecule has 0 fully saturated rings. The Bertz CT molecular complexity index is 393. The quantitative estimate of drug-likeness (QED) is 0.849. The van der Waals surface area contributed by atoms with Gasteiger partial charge in [0.05, 0.1) is 11.6 Å². The Labute approximate surface area is 106 Å². The molecule has 17 heavy (non-hydrogen) atoms. The monoisotopic (exact) mass is 257 g/mol. The van der Waals surface area contributed by atoms with E-state index in [-0.39, 0.29) is 5.02 Å². The molecule has 0 saturated carbocycles. The molecule has 4 heteroatoms. The van der Waals surface area contributed by atoms with Crippen molar-refractivity contribution < 1.29 is 9.13 Å². The third-order valence-electron chi connectivity index (χ3n) is 2.35. The zero-order valence-electron chi connectivity index (χ0n) is 9.88. The number of ether oxygens (including phenoxy) is 1. The second kappa shape index (κ2) is 7.43. The number of nitrogens with two attached hydrogens (primary N) is 1. The van der Waals surface area contributed by atoms with Crippen molar-refractivity contribution in [1.82, 2.24) is 0 Å². The van der Waals surface area contributed by atoms with E-state index in [1.807, 2.05) is 6.08 Å². The van der Waals surface area contributed by atoms with Crippen LogP contribution >= 0.6 is 11.6 Å². The molecule has 1 aromatic carbocycles. The van der Waals surface area contributed by atoms with Gasteiger partial charge in [0.2, 0.25) is 0 Å². The van der Waals surface area contributed by atoms with Crippen LogP contribution in [-0.2, 0) is 4.74 Å². The predicted molar refractivity (Wildman–Crippen MR) is 69.6 cm³/mol. The minimum Gasteiger partial charge on any atom is -0.380 e. The van der Waals surface area contributed by atoms with E-state index in [0.717, 1.165) is 24.0 Å². The molecule has 1 rings (SSSR count). The molecule has 2 nitrogen and oxygen atoms in total. The van der Waals surface area contributed by atoms with Crippen LogP contribution in [0.1, 0.15) is 18.4 Å². The Kier molecular flexibility index (Phi) is 6.19. The van der Waals surface area contributed by atoms with Crippen LogP contribution in [0.4, 0.5) is 4.39 Å². The summed E-state index contributed by atoms with van der Waals surface area (Å²) in [5.74, 6) is -0.404. The van der Waals surface area contributed by atoms with Gasteiger partial charge < -0.3 is 10.5 Å². The molecule has 0 radical (unpaired) electrons. The van der Waals surface area contributed by atoms with Gasteiger partial charge in [-0.15, -0.1) is 0 Å². The number of benzene rings is 1. The molecule has 0 aromatic heterocycles. The van der Waals surface area contributed by atoms with E-state index in [4.69, 9.17) is 22.1 Å². The summed E-state index contributed by atoms with van der Waals surface area (Å²) in [6.07, 6.45) is 3.74. The van der Waals surface area contributed by atoms with E-state index in [0.29, 0.717) is 13.2 Å².